The first kappa shape index (κ1) is 31.6. The van der Waals surface area contributed by atoms with Crippen molar-refractivity contribution in [2.45, 2.75) is 31.8 Å². The smallest absolute Gasteiger partial charge is 0.371 e. The number of carboxylic acid groups (broad SMARTS) is 1. The van der Waals surface area contributed by atoms with E-state index >= 15 is 0 Å². The van der Waals surface area contributed by atoms with Crippen molar-refractivity contribution >= 4 is 45.3 Å². The predicted molar refractivity (Wildman–Crippen MR) is 158 cm³/mol. The number of aryl methyl sites for hydroxylation is 1. The van der Waals surface area contributed by atoms with Crippen LogP contribution in [0.4, 0.5) is 0 Å². The van der Waals surface area contributed by atoms with Crippen LogP contribution in [-0.4, -0.2) is 77.7 Å². The highest BCUT2D eigenvalue weighted by Crippen LogP contribution is 2.40. The van der Waals surface area contributed by atoms with Gasteiger partial charge in [-0.2, -0.15) is 17.8 Å². The third-order valence-electron chi connectivity index (χ3n) is 7.06. The molecule has 1 aliphatic heterocycles. The Hall–Kier alpha value is -3.30. The first-order valence-corrected chi connectivity index (χ1v) is 15.3. The van der Waals surface area contributed by atoms with Gasteiger partial charge >= 0.3 is 5.97 Å². The lowest BCUT2D eigenvalue weighted by molar-refractivity contribution is 0.0658. The molecular weight excluding hydrogens is 609 g/mol. The Morgan fingerprint density at radius 3 is 2.62 bits per heavy atom. The van der Waals surface area contributed by atoms with Crippen LogP contribution < -0.4 is 15.2 Å². The van der Waals surface area contributed by atoms with Crippen molar-refractivity contribution in [2.24, 2.45) is 12.8 Å². The van der Waals surface area contributed by atoms with E-state index in [-0.39, 0.29) is 40.8 Å². The summed E-state index contributed by atoms with van der Waals surface area (Å²) < 4.78 is 42.3. The summed E-state index contributed by atoms with van der Waals surface area (Å²) >= 11 is 13.1. The average molecular weight is 643 g/mol. The molecule has 228 valence electrons. The number of halogens is 2. The molecule has 0 aliphatic carbocycles. The number of nitrogens with two attached hydrogens (primary N) is 1. The molecule has 3 heterocycles. The van der Waals surface area contributed by atoms with E-state index in [0.29, 0.717) is 61.7 Å². The summed E-state index contributed by atoms with van der Waals surface area (Å²) in [6.45, 7) is 1.45. The molecule has 5 N–H and O–H groups in total. The maximum absolute atomic E-state index is 12.8. The van der Waals surface area contributed by atoms with Gasteiger partial charge in [0.05, 0.1) is 10.7 Å². The highest BCUT2D eigenvalue weighted by molar-refractivity contribution is 7.87. The van der Waals surface area contributed by atoms with Crippen LogP contribution in [0.3, 0.4) is 0 Å². The highest BCUT2D eigenvalue weighted by atomic mass is 35.5. The summed E-state index contributed by atoms with van der Waals surface area (Å²) in [5.74, 6) is -0.680. The lowest BCUT2D eigenvalue weighted by Gasteiger charge is -2.31. The summed E-state index contributed by atoms with van der Waals surface area (Å²) in [5.41, 5.74) is 7.60. The molecule has 1 fully saturated rings. The van der Waals surface area contributed by atoms with E-state index in [0.717, 1.165) is 5.69 Å². The van der Waals surface area contributed by atoms with Gasteiger partial charge in [-0.1, -0.05) is 23.2 Å². The van der Waals surface area contributed by atoms with Gasteiger partial charge < -0.3 is 24.9 Å². The number of benzene rings is 1. The van der Waals surface area contributed by atoms with Crippen LogP contribution in [0.5, 0.6) is 5.75 Å². The number of aromatic nitrogens is 2. The number of hydrogen-bond acceptors (Lipinski definition) is 7. The molecule has 3 aromatic rings. The van der Waals surface area contributed by atoms with E-state index in [1.807, 2.05) is 13.1 Å². The number of ether oxygens (including phenoxy) is 1. The Morgan fingerprint density at radius 2 is 1.98 bits per heavy atom. The normalized spacial score (nSPS) is 14.7. The third kappa shape index (κ3) is 7.36. The molecule has 4 rings (SSSR count). The van der Waals surface area contributed by atoms with Crippen LogP contribution in [0.2, 0.25) is 10.0 Å². The van der Waals surface area contributed by atoms with Crippen molar-refractivity contribution < 1.29 is 27.5 Å². The second-order valence-electron chi connectivity index (χ2n) is 9.91. The largest absolute Gasteiger partial charge is 0.484 e. The zero-order valence-electron chi connectivity index (χ0n) is 23.1. The van der Waals surface area contributed by atoms with Gasteiger partial charge in [0.1, 0.15) is 23.1 Å². The molecule has 1 aliphatic rings. The molecule has 0 atom stereocenters. The molecule has 1 aromatic carbocycles. The average Bonchev–Trinajstić information content (AvgIpc) is 3.59. The van der Waals surface area contributed by atoms with Crippen molar-refractivity contribution in [1.29, 1.82) is 5.41 Å². The highest BCUT2D eigenvalue weighted by Gasteiger charge is 2.30. The number of guanidine groups is 1. The number of carbonyl (C=O) groups is 1. The number of carboxylic acids is 1. The van der Waals surface area contributed by atoms with Gasteiger partial charge in [-0.3, -0.25) is 10.1 Å². The second-order valence-corrected chi connectivity index (χ2v) is 12.4. The molecule has 0 radical (unpaired) electrons. The zero-order chi connectivity index (χ0) is 30.6. The van der Waals surface area contributed by atoms with Crippen molar-refractivity contribution in [3.05, 3.63) is 57.6 Å². The minimum Gasteiger partial charge on any atom is -0.484 e. The molecule has 0 spiro atoms. The topological polar surface area (TPSA) is 180 Å². The number of aromatic carboxylic acids is 1. The Bertz CT molecular complexity index is 1550. The predicted octanol–water partition coefficient (Wildman–Crippen LogP) is 3.49. The van der Waals surface area contributed by atoms with Crippen molar-refractivity contribution in [3.8, 4) is 17.0 Å². The maximum atomic E-state index is 12.8. The minimum atomic E-state index is -3.61. The SMILES string of the molecule is CN(CCCNS(=O)(=O)N1CCC(c2cc(-c3ccc(OCc4ccc(C(=O)O)o4)c(Cl)c3Cl)nn2C)CC1)C(=N)N. The van der Waals surface area contributed by atoms with Crippen LogP contribution >= 0.6 is 23.2 Å². The summed E-state index contributed by atoms with van der Waals surface area (Å²) in [5, 5.41) is 21.4. The Balaban J connectivity index is 1.36. The monoisotopic (exact) mass is 641 g/mol. The third-order valence-corrected chi connectivity index (χ3v) is 9.54. The standard InChI is InChI=1S/C26H33Cl2N7O6S/c1-33(26(29)30)11-3-10-31-42(38,39)35-12-8-16(9-13-35)20-14-19(32-34(20)2)18-5-7-21(24(28)23(18)27)40-15-17-4-6-22(41-17)25(36)37/h4-7,14,16,31H,3,8-13,15H2,1-2H3,(H3,29,30)(H,36,37). The second kappa shape index (κ2) is 13.3. The van der Waals surface area contributed by atoms with Gasteiger partial charge in [-0.25, -0.2) is 9.52 Å². The molecular formula is C26H33Cl2N7O6S. The van der Waals surface area contributed by atoms with Crippen LogP contribution in [-0.2, 0) is 23.9 Å². The number of nitrogens with zero attached hydrogens (tertiary/aromatic N) is 4. The van der Waals surface area contributed by atoms with Gasteiger partial charge in [0.2, 0.25) is 5.76 Å². The van der Waals surface area contributed by atoms with E-state index < -0.39 is 16.2 Å². The lowest BCUT2D eigenvalue weighted by atomic mass is 9.94. The van der Waals surface area contributed by atoms with Crippen molar-refractivity contribution in [2.75, 3.05) is 33.2 Å². The van der Waals surface area contributed by atoms with Gasteiger partial charge in [0.25, 0.3) is 10.2 Å². The number of piperidine rings is 1. The summed E-state index contributed by atoms with van der Waals surface area (Å²) in [6, 6.07) is 8.20. The molecule has 0 bridgehead atoms. The van der Waals surface area contributed by atoms with E-state index in [1.165, 1.54) is 16.4 Å². The van der Waals surface area contributed by atoms with E-state index in [2.05, 4.69) is 9.82 Å². The van der Waals surface area contributed by atoms with E-state index in [9.17, 15) is 13.2 Å². The van der Waals surface area contributed by atoms with E-state index in [4.69, 9.17) is 48.6 Å². The van der Waals surface area contributed by atoms with Gasteiger partial charge in [-0.05, 0) is 49.6 Å². The fourth-order valence-corrected chi connectivity index (χ4v) is 6.43. The minimum absolute atomic E-state index is 0.0302. The van der Waals surface area contributed by atoms with Gasteiger partial charge in [0, 0.05) is 57.4 Å². The Kier molecular flexibility index (Phi) is 10.0. The maximum Gasteiger partial charge on any atom is 0.371 e. The Labute approximate surface area is 253 Å². The first-order chi connectivity index (χ1) is 19.9. The van der Waals surface area contributed by atoms with Gasteiger partial charge in [-0.15, -0.1) is 0 Å². The molecule has 0 amide bonds. The first-order valence-electron chi connectivity index (χ1n) is 13.1. The summed E-state index contributed by atoms with van der Waals surface area (Å²) in [7, 11) is -0.0939. The number of furan rings is 1. The van der Waals surface area contributed by atoms with E-state index in [1.54, 1.807) is 28.8 Å². The number of nitrogens with one attached hydrogen (secondary N) is 2. The summed E-state index contributed by atoms with van der Waals surface area (Å²) in [4.78, 5) is 12.5. The number of rotatable bonds is 12. The van der Waals surface area contributed by atoms with Crippen molar-refractivity contribution in [1.82, 2.24) is 23.7 Å². The molecule has 42 heavy (non-hydrogen) atoms. The van der Waals surface area contributed by atoms with Crippen LogP contribution in [0.1, 0.15) is 47.2 Å². The molecule has 2 aromatic heterocycles. The fourth-order valence-electron chi connectivity index (χ4n) is 4.68. The molecule has 0 saturated carbocycles. The fraction of sp³-hybridized carbons (Fsp3) is 0.423. The van der Waals surface area contributed by atoms with Crippen LogP contribution in [0.15, 0.2) is 34.7 Å². The Morgan fingerprint density at radius 1 is 1.26 bits per heavy atom. The molecule has 13 nitrogen and oxygen atoms in total. The zero-order valence-corrected chi connectivity index (χ0v) is 25.5. The summed E-state index contributed by atoms with van der Waals surface area (Å²) in [6.07, 6.45) is 1.79. The molecule has 16 heteroatoms. The molecule has 1 saturated heterocycles. The quantitative estimate of drug-likeness (QED) is 0.131. The number of hydrogen-bond donors (Lipinski definition) is 4. The van der Waals surface area contributed by atoms with Crippen LogP contribution in [0, 0.1) is 5.41 Å². The molecule has 0 unspecified atom stereocenters. The van der Waals surface area contributed by atoms with Gasteiger partial charge in [0.15, 0.2) is 5.96 Å². The van der Waals surface area contributed by atoms with Crippen molar-refractivity contribution in [3.63, 3.8) is 0 Å². The van der Waals surface area contributed by atoms with Crippen LogP contribution in [0.25, 0.3) is 11.3 Å². The lowest BCUT2D eigenvalue weighted by Crippen LogP contribution is -2.45.